The highest BCUT2D eigenvalue weighted by molar-refractivity contribution is 5.23. The first-order chi connectivity index (χ1) is 7.31. The summed E-state index contributed by atoms with van der Waals surface area (Å²) in [6, 6.07) is 6.27. The van der Waals surface area contributed by atoms with Crippen LogP contribution in [0.3, 0.4) is 0 Å². The van der Waals surface area contributed by atoms with Crippen LogP contribution in [0.2, 0.25) is 0 Å². The maximum Gasteiger partial charge on any atom is 0.123 e. The van der Waals surface area contributed by atoms with Crippen LogP contribution in [-0.4, -0.2) is 12.6 Å². The topological polar surface area (TPSA) is 61.3 Å². The van der Waals surface area contributed by atoms with E-state index in [4.69, 9.17) is 10.3 Å². The highest BCUT2D eigenvalue weighted by atomic mass is 19.1. The number of nitrogens with zero attached hydrogens (tertiary/aromatic N) is 3. The number of ether oxygens (including phenoxy) is 1. The highest BCUT2D eigenvalue weighted by Crippen LogP contribution is 2.40. The minimum atomic E-state index is -0.245. The van der Waals surface area contributed by atoms with E-state index in [0.717, 1.165) is 5.56 Å². The molecule has 2 atom stereocenters. The number of hydrogen-bond acceptors (Lipinski definition) is 2. The molecule has 0 spiro atoms. The molecule has 1 aromatic rings. The van der Waals surface area contributed by atoms with Gasteiger partial charge in [0.05, 0.1) is 6.10 Å². The first-order valence-electron chi connectivity index (χ1n) is 4.73. The third-order valence-corrected chi connectivity index (χ3v) is 2.36. The molecule has 1 heterocycles. The molecule has 0 bridgehead atoms. The Bertz CT molecular complexity index is 386. The van der Waals surface area contributed by atoms with Crippen molar-refractivity contribution in [1.82, 2.24) is 0 Å². The first-order valence-corrected chi connectivity index (χ1v) is 4.73. The summed E-state index contributed by atoms with van der Waals surface area (Å²) in [4.78, 5) is 2.66. The van der Waals surface area contributed by atoms with E-state index < -0.39 is 0 Å². The molecule has 2 unspecified atom stereocenters. The molecule has 0 N–H and O–H groups in total. The number of rotatable bonds is 4. The number of halogens is 1. The molecule has 15 heavy (non-hydrogen) atoms. The molecule has 2 rings (SSSR count). The van der Waals surface area contributed by atoms with Gasteiger partial charge in [-0.15, -0.1) is 0 Å². The SMILES string of the molecule is [N-]=[N+]=NCCC1OC1c1ccc(F)cc1. The lowest BCUT2D eigenvalue weighted by molar-refractivity contribution is 0.367. The molecule has 0 amide bonds. The van der Waals surface area contributed by atoms with Gasteiger partial charge in [-0.1, -0.05) is 17.2 Å². The third kappa shape index (κ3) is 2.46. The minimum absolute atomic E-state index is 0.0412. The number of benzene rings is 1. The fourth-order valence-corrected chi connectivity index (χ4v) is 1.54. The van der Waals surface area contributed by atoms with Crippen molar-refractivity contribution in [2.45, 2.75) is 18.6 Å². The van der Waals surface area contributed by atoms with E-state index in [0.29, 0.717) is 13.0 Å². The van der Waals surface area contributed by atoms with E-state index in [9.17, 15) is 4.39 Å². The van der Waals surface area contributed by atoms with Crippen LogP contribution in [0.4, 0.5) is 4.39 Å². The maximum absolute atomic E-state index is 12.6. The van der Waals surface area contributed by atoms with Crippen molar-refractivity contribution in [1.29, 1.82) is 0 Å². The van der Waals surface area contributed by atoms with Gasteiger partial charge >= 0.3 is 0 Å². The van der Waals surface area contributed by atoms with Crippen molar-refractivity contribution in [3.05, 3.63) is 46.1 Å². The molecule has 1 aliphatic rings. The van der Waals surface area contributed by atoms with E-state index in [1.54, 1.807) is 12.1 Å². The molecule has 4 nitrogen and oxygen atoms in total. The zero-order valence-electron chi connectivity index (χ0n) is 8.01. The molecule has 78 valence electrons. The smallest absolute Gasteiger partial charge is 0.123 e. The summed E-state index contributed by atoms with van der Waals surface area (Å²) < 4.78 is 18.0. The summed E-state index contributed by atoms with van der Waals surface area (Å²) in [6.45, 7) is 0.443. The van der Waals surface area contributed by atoms with Gasteiger partial charge < -0.3 is 4.74 Å². The average Bonchev–Trinajstić information content (AvgIpc) is 2.99. The van der Waals surface area contributed by atoms with Gasteiger partial charge in [0.2, 0.25) is 0 Å². The van der Waals surface area contributed by atoms with Crippen molar-refractivity contribution in [3.63, 3.8) is 0 Å². The van der Waals surface area contributed by atoms with E-state index in [2.05, 4.69) is 10.0 Å². The standard InChI is InChI=1S/C10H10FN3O/c11-8-3-1-7(2-4-8)10-9(15-10)5-6-13-14-12/h1-4,9-10H,5-6H2. The predicted molar refractivity (Wildman–Crippen MR) is 52.6 cm³/mol. The van der Waals surface area contributed by atoms with Crippen LogP contribution < -0.4 is 0 Å². The second-order valence-corrected chi connectivity index (χ2v) is 3.39. The van der Waals surface area contributed by atoms with E-state index in [1.165, 1.54) is 12.1 Å². The van der Waals surface area contributed by atoms with Crippen molar-refractivity contribution in [2.75, 3.05) is 6.54 Å². The number of epoxide rings is 1. The monoisotopic (exact) mass is 207 g/mol. The first kappa shape index (κ1) is 9.96. The number of azide groups is 1. The lowest BCUT2D eigenvalue weighted by Gasteiger charge is -1.94. The van der Waals surface area contributed by atoms with Gasteiger partial charge in [0, 0.05) is 11.5 Å². The van der Waals surface area contributed by atoms with Gasteiger partial charge in [0.15, 0.2) is 0 Å². The Balaban J connectivity index is 1.87. The fraction of sp³-hybridized carbons (Fsp3) is 0.400. The number of hydrogen-bond donors (Lipinski definition) is 0. The van der Waals surface area contributed by atoms with Crippen LogP contribution in [0, 0.1) is 5.82 Å². The van der Waals surface area contributed by atoms with Crippen LogP contribution in [-0.2, 0) is 4.74 Å². The van der Waals surface area contributed by atoms with E-state index >= 15 is 0 Å². The molecule has 0 radical (unpaired) electrons. The summed E-state index contributed by atoms with van der Waals surface area (Å²) in [7, 11) is 0. The summed E-state index contributed by atoms with van der Waals surface area (Å²) in [6.07, 6.45) is 0.868. The molecule has 1 fully saturated rings. The zero-order chi connectivity index (χ0) is 10.7. The van der Waals surface area contributed by atoms with Crippen LogP contribution >= 0.6 is 0 Å². The Hall–Kier alpha value is -1.58. The van der Waals surface area contributed by atoms with Gasteiger partial charge in [-0.2, -0.15) is 0 Å². The summed E-state index contributed by atoms with van der Waals surface area (Å²) in [5, 5.41) is 3.43. The molecular formula is C10H10FN3O. The third-order valence-electron chi connectivity index (χ3n) is 2.36. The normalized spacial score (nSPS) is 23.3. The maximum atomic E-state index is 12.6. The van der Waals surface area contributed by atoms with E-state index in [1.807, 2.05) is 0 Å². The lowest BCUT2D eigenvalue weighted by atomic mass is 10.1. The Labute approximate surface area is 86.3 Å². The lowest BCUT2D eigenvalue weighted by Crippen LogP contribution is -1.91. The van der Waals surface area contributed by atoms with Crippen LogP contribution in [0.1, 0.15) is 18.1 Å². The van der Waals surface area contributed by atoms with Crippen molar-refractivity contribution in [3.8, 4) is 0 Å². The summed E-state index contributed by atoms with van der Waals surface area (Å²) in [5.74, 6) is -0.245. The molecule has 1 aliphatic heterocycles. The van der Waals surface area contributed by atoms with E-state index in [-0.39, 0.29) is 18.0 Å². The van der Waals surface area contributed by atoms with Crippen LogP contribution in [0.15, 0.2) is 29.4 Å². The average molecular weight is 207 g/mol. The molecule has 5 heteroatoms. The largest absolute Gasteiger partial charge is 0.365 e. The zero-order valence-corrected chi connectivity index (χ0v) is 8.01. The Morgan fingerprint density at radius 2 is 2.13 bits per heavy atom. The second kappa shape index (κ2) is 4.29. The molecule has 1 aromatic carbocycles. The Morgan fingerprint density at radius 1 is 1.40 bits per heavy atom. The van der Waals surface area contributed by atoms with Crippen LogP contribution in [0.5, 0.6) is 0 Å². The van der Waals surface area contributed by atoms with Gasteiger partial charge in [-0.25, -0.2) is 4.39 Å². The Morgan fingerprint density at radius 3 is 2.80 bits per heavy atom. The minimum Gasteiger partial charge on any atom is -0.365 e. The highest BCUT2D eigenvalue weighted by Gasteiger charge is 2.39. The summed E-state index contributed by atoms with van der Waals surface area (Å²) >= 11 is 0. The van der Waals surface area contributed by atoms with Gasteiger partial charge in [-0.3, -0.25) is 0 Å². The molecule has 0 aromatic heterocycles. The molecular weight excluding hydrogens is 197 g/mol. The van der Waals surface area contributed by atoms with Crippen molar-refractivity contribution < 1.29 is 9.13 Å². The predicted octanol–water partition coefficient (Wildman–Crippen LogP) is 2.97. The van der Waals surface area contributed by atoms with Crippen molar-refractivity contribution in [2.24, 2.45) is 5.11 Å². The van der Waals surface area contributed by atoms with Gasteiger partial charge in [-0.05, 0) is 29.6 Å². The fourth-order valence-electron chi connectivity index (χ4n) is 1.54. The summed E-state index contributed by atoms with van der Waals surface area (Å²) in [5.41, 5.74) is 9.06. The van der Waals surface area contributed by atoms with Gasteiger partial charge in [0.25, 0.3) is 0 Å². The molecule has 1 saturated heterocycles. The van der Waals surface area contributed by atoms with Crippen LogP contribution in [0.25, 0.3) is 10.4 Å². The molecule has 0 saturated carbocycles. The second-order valence-electron chi connectivity index (χ2n) is 3.39. The van der Waals surface area contributed by atoms with Crippen molar-refractivity contribution >= 4 is 0 Å². The quantitative estimate of drug-likeness (QED) is 0.324. The molecule has 0 aliphatic carbocycles. The van der Waals surface area contributed by atoms with Gasteiger partial charge in [0.1, 0.15) is 11.9 Å². The Kier molecular flexibility index (Phi) is 2.85.